The summed E-state index contributed by atoms with van der Waals surface area (Å²) in [7, 11) is 0. The molecular weight excluding hydrogens is 239 g/mol. The van der Waals surface area contributed by atoms with Crippen molar-refractivity contribution < 1.29 is 4.39 Å². The maximum Gasteiger partial charge on any atom is 0.141 e. The van der Waals surface area contributed by atoms with Crippen molar-refractivity contribution in [2.45, 2.75) is 26.3 Å². The molecular formula is C13H14ClFN2. The predicted octanol–water partition coefficient (Wildman–Crippen LogP) is 3.85. The van der Waals surface area contributed by atoms with Crippen LogP contribution in [-0.2, 0) is 6.54 Å². The summed E-state index contributed by atoms with van der Waals surface area (Å²) < 4.78 is 15.1. The first kappa shape index (κ1) is 12.1. The Balaban J connectivity index is 2.25. The Hall–Kier alpha value is -1.35. The van der Waals surface area contributed by atoms with Gasteiger partial charge in [0.15, 0.2) is 0 Å². The standard InChI is InChI=1S/C13H14ClFN2/c1-9(2)13-16-5-6-17(13)8-10-3-4-12(15)11(14)7-10/h3-7,9H,8H2,1-2H3. The summed E-state index contributed by atoms with van der Waals surface area (Å²) in [6.45, 7) is 4.85. The summed E-state index contributed by atoms with van der Waals surface area (Å²) in [6.07, 6.45) is 3.70. The van der Waals surface area contributed by atoms with E-state index in [2.05, 4.69) is 18.8 Å². The summed E-state index contributed by atoms with van der Waals surface area (Å²) in [6, 6.07) is 4.79. The summed E-state index contributed by atoms with van der Waals surface area (Å²) in [4.78, 5) is 4.31. The van der Waals surface area contributed by atoms with Gasteiger partial charge in [-0.1, -0.05) is 31.5 Å². The fourth-order valence-electron chi connectivity index (χ4n) is 1.79. The molecule has 0 amide bonds. The van der Waals surface area contributed by atoms with Crippen molar-refractivity contribution in [3.05, 3.63) is 52.8 Å². The van der Waals surface area contributed by atoms with Gasteiger partial charge in [-0.3, -0.25) is 0 Å². The molecule has 0 aliphatic carbocycles. The highest BCUT2D eigenvalue weighted by Gasteiger charge is 2.08. The van der Waals surface area contributed by atoms with Crippen LogP contribution < -0.4 is 0 Å². The quantitative estimate of drug-likeness (QED) is 0.811. The first-order valence-corrected chi connectivity index (χ1v) is 5.90. The Labute approximate surface area is 105 Å². The van der Waals surface area contributed by atoms with Gasteiger partial charge < -0.3 is 4.57 Å². The van der Waals surface area contributed by atoms with E-state index in [4.69, 9.17) is 11.6 Å². The third-order valence-electron chi connectivity index (χ3n) is 2.60. The molecule has 90 valence electrons. The molecule has 0 spiro atoms. The Morgan fingerprint density at radius 1 is 1.41 bits per heavy atom. The molecule has 2 aromatic rings. The number of nitrogens with zero attached hydrogens (tertiary/aromatic N) is 2. The lowest BCUT2D eigenvalue weighted by atomic mass is 10.2. The normalized spacial score (nSPS) is 11.1. The van der Waals surface area contributed by atoms with Crippen molar-refractivity contribution in [1.29, 1.82) is 0 Å². The fraction of sp³-hybridized carbons (Fsp3) is 0.308. The smallest absolute Gasteiger partial charge is 0.141 e. The van der Waals surface area contributed by atoms with Crippen LogP contribution >= 0.6 is 11.6 Å². The molecule has 0 bridgehead atoms. The zero-order valence-corrected chi connectivity index (χ0v) is 10.6. The van der Waals surface area contributed by atoms with E-state index >= 15 is 0 Å². The van der Waals surface area contributed by atoms with Crippen molar-refractivity contribution in [3.63, 3.8) is 0 Å². The molecule has 2 rings (SSSR count). The van der Waals surface area contributed by atoms with Crippen LogP contribution in [0, 0.1) is 5.82 Å². The molecule has 0 radical (unpaired) electrons. The van der Waals surface area contributed by atoms with Crippen LogP contribution in [0.2, 0.25) is 5.02 Å². The largest absolute Gasteiger partial charge is 0.330 e. The number of benzene rings is 1. The second-order valence-corrected chi connectivity index (χ2v) is 4.72. The number of rotatable bonds is 3. The van der Waals surface area contributed by atoms with Gasteiger partial charge in [0.05, 0.1) is 5.02 Å². The van der Waals surface area contributed by atoms with Crippen molar-refractivity contribution in [3.8, 4) is 0 Å². The molecule has 4 heteroatoms. The molecule has 0 saturated heterocycles. The van der Waals surface area contributed by atoms with Crippen molar-refractivity contribution >= 4 is 11.6 Å². The highest BCUT2D eigenvalue weighted by molar-refractivity contribution is 6.30. The monoisotopic (exact) mass is 252 g/mol. The van der Waals surface area contributed by atoms with Crippen LogP contribution in [0.4, 0.5) is 4.39 Å². The summed E-state index contributed by atoms with van der Waals surface area (Å²) in [5.74, 6) is 0.997. The first-order chi connectivity index (χ1) is 8.08. The van der Waals surface area contributed by atoms with Gasteiger partial charge in [0.25, 0.3) is 0 Å². The average Bonchev–Trinajstić information content (AvgIpc) is 2.72. The van der Waals surface area contributed by atoms with Crippen LogP contribution in [0.3, 0.4) is 0 Å². The minimum atomic E-state index is -0.384. The van der Waals surface area contributed by atoms with Crippen LogP contribution in [-0.4, -0.2) is 9.55 Å². The Morgan fingerprint density at radius 3 is 2.82 bits per heavy atom. The van der Waals surface area contributed by atoms with E-state index < -0.39 is 0 Å². The summed E-state index contributed by atoms with van der Waals surface area (Å²) in [5.41, 5.74) is 0.969. The zero-order chi connectivity index (χ0) is 12.4. The maximum absolute atomic E-state index is 13.0. The number of imidazole rings is 1. The molecule has 0 aliphatic rings. The van der Waals surface area contributed by atoms with Gasteiger partial charge in [0.2, 0.25) is 0 Å². The number of hydrogen-bond acceptors (Lipinski definition) is 1. The van der Waals surface area contributed by atoms with E-state index in [9.17, 15) is 4.39 Å². The van der Waals surface area contributed by atoms with Crippen molar-refractivity contribution in [2.75, 3.05) is 0 Å². The van der Waals surface area contributed by atoms with E-state index in [1.54, 1.807) is 18.3 Å². The summed E-state index contributed by atoms with van der Waals surface area (Å²) in [5, 5.41) is 0.161. The third-order valence-corrected chi connectivity index (χ3v) is 2.89. The van der Waals surface area contributed by atoms with Gasteiger partial charge in [0, 0.05) is 24.9 Å². The molecule has 17 heavy (non-hydrogen) atoms. The van der Waals surface area contributed by atoms with Gasteiger partial charge in [-0.05, 0) is 17.7 Å². The second-order valence-electron chi connectivity index (χ2n) is 4.32. The van der Waals surface area contributed by atoms with E-state index in [0.717, 1.165) is 11.4 Å². The number of aromatic nitrogens is 2. The van der Waals surface area contributed by atoms with Crippen LogP contribution in [0.1, 0.15) is 31.2 Å². The molecule has 1 aromatic heterocycles. The highest BCUT2D eigenvalue weighted by Crippen LogP contribution is 2.18. The lowest BCUT2D eigenvalue weighted by Crippen LogP contribution is -2.05. The van der Waals surface area contributed by atoms with Gasteiger partial charge in [0.1, 0.15) is 11.6 Å². The fourth-order valence-corrected chi connectivity index (χ4v) is 1.99. The molecule has 1 aromatic carbocycles. The molecule has 2 nitrogen and oxygen atoms in total. The van der Waals surface area contributed by atoms with Gasteiger partial charge >= 0.3 is 0 Å². The van der Waals surface area contributed by atoms with Crippen molar-refractivity contribution in [1.82, 2.24) is 9.55 Å². The second kappa shape index (κ2) is 4.88. The highest BCUT2D eigenvalue weighted by atomic mass is 35.5. The lowest BCUT2D eigenvalue weighted by molar-refractivity contribution is 0.625. The maximum atomic E-state index is 13.0. The zero-order valence-electron chi connectivity index (χ0n) is 9.82. The Morgan fingerprint density at radius 2 is 2.18 bits per heavy atom. The van der Waals surface area contributed by atoms with E-state index in [-0.39, 0.29) is 10.8 Å². The third kappa shape index (κ3) is 2.67. The molecule has 0 atom stereocenters. The topological polar surface area (TPSA) is 17.8 Å². The minimum Gasteiger partial charge on any atom is -0.330 e. The molecule has 0 saturated carbocycles. The first-order valence-electron chi connectivity index (χ1n) is 5.53. The SMILES string of the molecule is CC(C)c1nccn1Cc1ccc(F)c(Cl)c1. The average molecular weight is 253 g/mol. The predicted molar refractivity (Wildman–Crippen MR) is 66.8 cm³/mol. The van der Waals surface area contributed by atoms with E-state index in [0.29, 0.717) is 12.5 Å². The Kier molecular flexibility index (Phi) is 3.48. The van der Waals surface area contributed by atoms with Crippen LogP contribution in [0.15, 0.2) is 30.6 Å². The van der Waals surface area contributed by atoms with Crippen LogP contribution in [0.25, 0.3) is 0 Å². The molecule has 0 aliphatic heterocycles. The molecule has 1 heterocycles. The minimum absolute atomic E-state index is 0.161. The molecule has 0 fully saturated rings. The lowest BCUT2D eigenvalue weighted by Gasteiger charge is -2.10. The van der Waals surface area contributed by atoms with Gasteiger partial charge in [-0.25, -0.2) is 9.37 Å². The molecule has 0 N–H and O–H groups in total. The van der Waals surface area contributed by atoms with E-state index in [1.807, 2.05) is 10.8 Å². The summed E-state index contributed by atoms with van der Waals surface area (Å²) >= 11 is 5.76. The van der Waals surface area contributed by atoms with E-state index in [1.165, 1.54) is 6.07 Å². The number of halogens is 2. The Bertz CT molecular complexity index is 520. The van der Waals surface area contributed by atoms with Gasteiger partial charge in [-0.2, -0.15) is 0 Å². The van der Waals surface area contributed by atoms with Crippen LogP contribution in [0.5, 0.6) is 0 Å². The number of hydrogen-bond donors (Lipinski definition) is 0. The molecule has 0 unspecified atom stereocenters. The van der Waals surface area contributed by atoms with Crippen molar-refractivity contribution in [2.24, 2.45) is 0 Å². The van der Waals surface area contributed by atoms with Gasteiger partial charge in [-0.15, -0.1) is 0 Å².